The molecule has 7 heterocycles. The summed E-state index contributed by atoms with van der Waals surface area (Å²) in [7, 11) is 1.80. The molecule has 4 N–H and O–H groups in total. The number of nitrogens with one attached hydrogen (secondary N) is 3. The van der Waals surface area contributed by atoms with E-state index < -0.39 is 11.9 Å². The Bertz CT molecular complexity index is 3270. The van der Waals surface area contributed by atoms with Gasteiger partial charge in [0.05, 0.1) is 46.6 Å². The van der Waals surface area contributed by atoms with Crippen molar-refractivity contribution in [2.45, 2.75) is 82.5 Å². The molecule has 4 aliphatic heterocycles. The van der Waals surface area contributed by atoms with Crippen LogP contribution in [-0.2, 0) is 39.1 Å². The van der Waals surface area contributed by atoms with Crippen LogP contribution in [0.1, 0.15) is 87.7 Å². The number of pyridine rings is 1. The molecule has 3 fully saturated rings. The monoisotopic (exact) mass is 987 g/mol. The molecule has 3 saturated heterocycles. The van der Waals surface area contributed by atoms with Gasteiger partial charge in [-0.3, -0.25) is 39.4 Å². The molecular formula is C54H53N9O8S. The third-order valence-corrected chi connectivity index (χ3v) is 15.6. The standard InChI is InChI=1S/C54H53N9O8S/c1-30-36(37-17-19-46(57-50(37)53(68)69)62-22-21-31-7-5-9-38(41(31)28-62)51(66)59-54-56-42-10-3-4-12-45(42)72-54)8-6-11-44(30)71-24-23-70-35-26-33-14-15-34(27-35)63(33)29-48(65)55-32-13-16-39-43(25-32)61(2)60-49(39)40-18-20-47(64)58-52(40)67/h3-13,16-17,19,25,33-35,40H,14-15,18,20-24,26-29H2,1-2H3,(H,55,65)(H,68,69)(H,56,59,66)(H,58,64,67)/t33-,34?,35?,40?/m1/s1. The summed E-state index contributed by atoms with van der Waals surface area (Å²) < 4.78 is 15.3. The smallest absolute Gasteiger partial charge is 0.355 e. The SMILES string of the molecule is Cc1c(OCCOC2CC3CC[C@H](C2)N3CC(=O)Nc2ccc3c(C4CCC(=O)NC4=O)nn(C)c3c2)cccc1-c1ccc(N2CCc3cccc(C(=O)Nc4nc5ccccc5s4)c3C2)nc1C(=O)O. The number of carbonyl (C=O) groups is 5. The first kappa shape index (κ1) is 46.8. The molecule has 7 aromatic rings. The lowest BCUT2D eigenvalue weighted by atomic mass is 9.93. The zero-order chi connectivity index (χ0) is 49.6. The number of para-hydroxylation sites is 1. The number of aromatic nitrogens is 4. The number of aryl methyl sites for hydroxylation is 1. The second-order valence-corrected chi connectivity index (χ2v) is 20.0. The Kier molecular flexibility index (Phi) is 12.7. The number of nitrogens with zero attached hydrogens (tertiary/aromatic N) is 6. The Labute approximate surface area is 418 Å². The van der Waals surface area contributed by atoms with E-state index in [9.17, 15) is 29.1 Å². The number of hydrogen-bond donors (Lipinski definition) is 4. The summed E-state index contributed by atoms with van der Waals surface area (Å²) in [5.41, 5.74) is 7.26. The zero-order valence-electron chi connectivity index (χ0n) is 39.9. The minimum Gasteiger partial charge on any atom is -0.491 e. The summed E-state index contributed by atoms with van der Waals surface area (Å²) in [5, 5.41) is 24.9. The molecule has 17 nitrogen and oxygen atoms in total. The highest BCUT2D eigenvalue weighted by molar-refractivity contribution is 7.22. The van der Waals surface area contributed by atoms with E-state index in [4.69, 9.17) is 14.5 Å². The van der Waals surface area contributed by atoms with Crippen LogP contribution in [0.15, 0.2) is 91.0 Å². The molecule has 0 radical (unpaired) electrons. The highest BCUT2D eigenvalue weighted by Crippen LogP contribution is 2.39. The van der Waals surface area contributed by atoms with Crippen LogP contribution in [0.3, 0.4) is 0 Å². The Morgan fingerprint density at radius 2 is 1.69 bits per heavy atom. The number of fused-ring (bicyclic) bond motifs is 5. The molecule has 4 aliphatic rings. The molecule has 2 bridgehead atoms. The van der Waals surface area contributed by atoms with Gasteiger partial charge in [0.2, 0.25) is 17.7 Å². The van der Waals surface area contributed by atoms with Gasteiger partial charge in [-0.15, -0.1) is 0 Å². The molecule has 3 aromatic heterocycles. The van der Waals surface area contributed by atoms with Crippen LogP contribution < -0.4 is 25.6 Å². The summed E-state index contributed by atoms with van der Waals surface area (Å²) >= 11 is 1.42. The number of thiazole rings is 1. The molecule has 3 unspecified atom stereocenters. The van der Waals surface area contributed by atoms with E-state index in [0.29, 0.717) is 83.9 Å². The molecule has 4 atom stereocenters. The number of ether oxygens (including phenoxy) is 2. The summed E-state index contributed by atoms with van der Waals surface area (Å²) in [6.07, 6.45) is 5.00. The van der Waals surface area contributed by atoms with Gasteiger partial charge in [0.25, 0.3) is 5.91 Å². The van der Waals surface area contributed by atoms with Gasteiger partial charge in [-0.25, -0.2) is 14.8 Å². The molecule has 4 aromatic carbocycles. The number of hydrogen-bond acceptors (Lipinski definition) is 13. The van der Waals surface area contributed by atoms with Gasteiger partial charge in [-0.2, -0.15) is 5.10 Å². The van der Waals surface area contributed by atoms with E-state index in [1.165, 1.54) is 11.3 Å². The number of imide groups is 1. The number of carboxylic acids is 1. The largest absolute Gasteiger partial charge is 0.491 e. The molecule has 11 rings (SSSR count). The average Bonchev–Trinajstić information content (AvgIpc) is 4.00. The lowest BCUT2D eigenvalue weighted by Gasteiger charge is -2.38. The highest BCUT2D eigenvalue weighted by atomic mass is 32.1. The van der Waals surface area contributed by atoms with Crippen LogP contribution in [0.5, 0.6) is 5.75 Å². The van der Waals surface area contributed by atoms with E-state index in [2.05, 4.69) is 30.9 Å². The van der Waals surface area contributed by atoms with E-state index >= 15 is 0 Å². The van der Waals surface area contributed by atoms with Crippen molar-refractivity contribution in [3.8, 4) is 16.9 Å². The molecule has 0 aliphatic carbocycles. The van der Waals surface area contributed by atoms with Crippen molar-refractivity contribution >= 4 is 78.7 Å². The minimum absolute atomic E-state index is 0.0351. The first-order valence-corrected chi connectivity index (χ1v) is 25.2. The van der Waals surface area contributed by atoms with Gasteiger partial charge in [-0.05, 0) is 122 Å². The Morgan fingerprint density at radius 3 is 2.50 bits per heavy atom. The molecule has 72 heavy (non-hydrogen) atoms. The van der Waals surface area contributed by atoms with Crippen molar-refractivity contribution in [1.29, 1.82) is 0 Å². The molecule has 0 spiro atoms. The summed E-state index contributed by atoms with van der Waals surface area (Å²) in [4.78, 5) is 77.8. The van der Waals surface area contributed by atoms with Gasteiger partial charge in [0.15, 0.2) is 10.8 Å². The van der Waals surface area contributed by atoms with Crippen LogP contribution in [0, 0.1) is 6.92 Å². The number of rotatable bonds is 14. The number of amides is 4. The number of aromatic carboxylic acids is 1. The summed E-state index contributed by atoms with van der Waals surface area (Å²) in [6, 6.07) is 28.7. The van der Waals surface area contributed by atoms with Crippen LogP contribution in [0.4, 0.5) is 16.6 Å². The van der Waals surface area contributed by atoms with E-state index in [-0.39, 0.29) is 60.5 Å². The normalized spacial score (nSPS) is 19.8. The van der Waals surface area contributed by atoms with Gasteiger partial charge >= 0.3 is 5.97 Å². The zero-order valence-corrected chi connectivity index (χ0v) is 40.7. The third kappa shape index (κ3) is 9.28. The van der Waals surface area contributed by atoms with Gasteiger partial charge in [-0.1, -0.05) is 47.7 Å². The Hall–Kier alpha value is -7.54. The van der Waals surface area contributed by atoms with Crippen LogP contribution >= 0.6 is 11.3 Å². The number of carbonyl (C=O) groups excluding carboxylic acids is 4. The third-order valence-electron chi connectivity index (χ3n) is 14.6. The van der Waals surface area contributed by atoms with Crippen molar-refractivity contribution in [3.05, 3.63) is 125 Å². The fourth-order valence-electron chi connectivity index (χ4n) is 11.1. The number of piperidine rings is 2. The Balaban J connectivity index is 0.684. The molecule has 0 saturated carbocycles. The predicted molar refractivity (Wildman–Crippen MR) is 273 cm³/mol. The van der Waals surface area contributed by atoms with E-state index in [0.717, 1.165) is 63.5 Å². The van der Waals surface area contributed by atoms with Crippen LogP contribution in [0.25, 0.3) is 32.2 Å². The van der Waals surface area contributed by atoms with E-state index in [1.807, 2.05) is 96.8 Å². The van der Waals surface area contributed by atoms with Crippen molar-refractivity contribution in [2.24, 2.45) is 7.05 Å². The fraction of sp³-hybridized carbons (Fsp3) is 0.333. The van der Waals surface area contributed by atoms with Gasteiger partial charge < -0.3 is 24.8 Å². The highest BCUT2D eigenvalue weighted by Gasteiger charge is 2.42. The summed E-state index contributed by atoms with van der Waals surface area (Å²) in [6.45, 7) is 3.85. The van der Waals surface area contributed by atoms with Crippen molar-refractivity contribution in [3.63, 3.8) is 0 Å². The lowest BCUT2D eigenvalue weighted by Crippen LogP contribution is -2.48. The minimum atomic E-state index is -1.15. The van der Waals surface area contributed by atoms with Crippen molar-refractivity contribution < 1.29 is 38.6 Å². The van der Waals surface area contributed by atoms with Crippen LogP contribution in [0.2, 0.25) is 0 Å². The maximum Gasteiger partial charge on any atom is 0.355 e. The first-order chi connectivity index (χ1) is 34.9. The topological polar surface area (TPSA) is 210 Å². The second-order valence-electron chi connectivity index (χ2n) is 19.0. The van der Waals surface area contributed by atoms with Crippen molar-refractivity contribution in [1.82, 2.24) is 30.0 Å². The predicted octanol–water partition coefficient (Wildman–Crippen LogP) is 7.62. The van der Waals surface area contributed by atoms with Crippen molar-refractivity contribution in [2.75, 3.05) is 41.8 Å². The van der Waals surface area contributed by atoms with Gasteiger partial charge in [0.1, 0.15) is 18.2 Å². The maximum atomic E-state index is 13.6. The quantitative estimate of drug-likeness (QED) is 0.0612. The van der Waals surface area contributed by atoms with E-state index in [1.54, 1.807) is 17.8 Å². The van der Waals surface area contributed by atoms with Gasteiger partial charge in [0, 0.05) is 60.8 Å². The molecule has 18 heteroatoms. The first-order valence-electron chi connectivity index (χ1n) is 24.4. The fourth-order valence-corrected chi connectivity index (χ4v) is 11.9. The van der Waals surface area contributed by atoms with Crippen LogP contribution in [-0.4, -0.2) is 104 Å². The number of anilines is 3. The maximum absolute atomic E-state index is 13.6. The number of carboxylic acid groups (broad SMARTS) is 1. The second kappa shape index (κ2) is 19.6. The average molecular weight is 988 g/mol. The molecule has 368 valence electrons. The Morgan fingerprint density at radius 1 is 0.875 bits per heavy atom. The molecule has 4 amide bonds. The summed E-state index contributed by atoms with van der Waals surface area (Å²) in [5.74, 6) is -1.47. The lowest BCUT2D eigenvalue weighted by molar-refractivity contribution is -0.134. The number of benzene rings is 4. The molecular weight excluding hydrogens is 935 g/mol.